The Labute approximate surface area is 356 Å². The van der Waals surface area contributed by atoms with E-state index in [1.54, 1.807) is 83.1 Å². The minimum absolute atomic E-state index is 0. The maximum Gasteiger partial charge on any atom is 1.00 e. The Balaban J connectivity index is -0.000000104. The quantitative estimate of drug-likeness (QED) is 0.0433. The molecule has 0 heterocycles. The molecule has 0 saturated carbocycles. The van der Waals surface area contributed by atoms with Crippen molar-refractivity contribution in [2.24, 2.45) is 0 Å². The summed E-state index contributed by atoms with van der Waals surface area (Å²) < 4.78 is 93.1. The number of carbonyl (C=O) groups is 1. The molecule has 0 amide bonds. The minimum atomic E-state index is -3.94. The molecular weight excluding hydrogens is 863 g/mol. The smallest absolute Gasteiger partial charge is 0.662 e. The van der Waals surface area contributed by atoms with Crippen molar-refractivity contribution in [3.8, 4) is 0 Å². The van der Waals surface area contributed by atoms with Gasteiger partial charge in [0.15, 0.2) is 0 Å². The van der Waals surface area contributed by atoms with Gasteiger partial charge >= 0.3 is 62.8 Å². The zero-order valence-electron chi connectivity index (χ0n) is 33.9. The van der Waals surface area contributed by atoms with E-state index in [0.717, 1.165) is 0 Å². The number of hydrogen-bond donors (Lipinski definition) is 1. The Hall–Kier alpha value is 1.45. The van der Waals surface area contributed by atoms with Crippen LogP contribution < -0.4 is 34.8 Å². The standard InChI is InChI=1S/C9H20ClO4P.C8H19O4P.C8H18O3P.CH2Cl2O3S.CH2O3.CH4.Na/c1-8(2,3)13-15(11,12-7-10)14-9(4,5)6;1-7(2,3)11-13(9,10)12-8(4,5)6;1-7(2,3)10-12(9)11-8(4,5)6;2-1-6-7(3,4)5;2-1-4-3;;/h7H2,1-6H3;1-6H3,(H,9,10);1-6H3;1H2;1,3H;1H4;/q;;+1;;;;+1/p-1. The first-order chi connectivity index (χ1) is 22.0. The van der Waals surface area contributed by atoms with Gasteiger partial charge in [-0.1, -0.05) is 30.6 Å². The third-order valence-electron chi connectivity index (χ3n) is 2.68. The zero-order chi connectivity index (χ0) is 42.6. The average molecular weight is 927 g/mol. The van der Waals surface area contributed by atoms with Gasteiger partial charge in [-0.25, -0.2) is 13.3 Å². The van der Waals surface area contributed by atoms with E-state index < -0.39 is 72.9 Å². The Morgan fingerprint density at radius 2 is 0.925 bits per heavy atom. The fraction of sp³-hybridized carbons (Fsp3) is 0.964. The van der Waals surface area contributed by atoms with Gasteiger partial charge in [-0.2, -0.15) is 8.42 Å². The van der Waals surface area contributed by atoms with Gasteiger partial charge in [-0.05, 0) is 125 Å². The minimum Gasteiger partial charge on any atom is -0.662 e. The van der Waals surface area contributed by atoms with Gasteiger partial charge in [0.25, 0.3) is 6.47 Å². The normalized spacial score (nSPS) is 12.6. The van der Waals surface area contributed by atoms with Crippen LogP contribution in [0, 0.1) is 0 Å². The molecule has 0 rings (SSSR count). The van der Waals surface area contributed by atoms with Crippen molar-refractivity contribution in [2.75, 3.05) is 12.1 Å². The van der Waals surface area contributed by atoms with Gasteiger partial charge in [-0.3, -0.25) is 27.4 Å². The molecule has 53 heavy (non-hydrogen) atoms. The molecule has 0 radical (unpaired) electrons. The van der Waals surface area contributed by atoms with Crippen LogP contribution in [0.15, 0.2) is 0 Å². The molecule has 0 saturated heterocycles. The van der Waals surface area contributed by atoms with E-state index >= 15 is 0 Å². The molecule has 0 aliphatic carbocycles. The second-order valence-electron chi connectivity index (χ2n) is 15.4. The van der Waals surface area contributed by atoms with Gasteiger partial charge in [0.1, 0.15) is 23.3 Å². The van der Waals surface area contributed by atoms with E-state index in [1.807, 2.05) is 41.5 Å². The van der Waals surface area contributed by atoms with Crippen LogP contribution in [-0.4, -0.2) is 65.5 Å². The number of phosphoric acid groups is 2. The summed E-state index contributed by atoms with van der Waals surface area (Å²) in [5, 5.41) is 8.43. The molecule has 1 N–H and O–H groups in total. The van der Waals surface area contributed by atoms with E-state index in [-0.39, 0.29) is 49.5 Å². The van der Waals surface area contributed by atoms with E-state index in [0.29, 0.717) is 0 Å². The summed E-state index contributed by atoms with van der Waals surface area (Å²) >= 11 is 10.2. The SMILES string of the molecule is C.CC(C)(C)OP(=O)(O)OC(C)(C)C.CC(C)(C)OP(=O)(OCCl)OC(C)(C)C.CC(C)(C)O[P+](=O)OC(C)(C)C.O=CO[O-].O=S(=O)(Cl)OCCl.[Na+]. The Morgan fingerprint density at radius 1 is 0.660 bits per heavy atom. The van der Waals surface area contributed by atoms with Crippen LogP contribution in [0.4, 0.5) is 0 Å². The van der Waals surface area contributed by atoms with Crippen LogP contribution in [0.3, 0.4) is 0 Å². The second-order valence-corrected chi connectivity index (χ2v) is 21.6. The molecule has 0 spiro atoms. The zero-order valence-corrected chi connectivity index (χ0v) is 41.6. The molecule has 320 valence electrons. The molecule has 0 aromatic carbocycles. The summed E-state index contributed by atoms with van der Waals surface area (Å²) in [6.45, 7) is 31.6. The summed E-state index contributed by atoms with van der Waals surface area (Å²) in [5.74, 6) is 0. The topological polar surface area (TPSA) is 229 Å². The van der Waals surface area contributed by atoms with Crippen molar-refractivity contribution >= 4 is 73.6 Å². The number of alkyl halides is 2. The molecule has 17 nitrogen and oxygen atoms in total. The van der Waals surface area contributed by atoms with E-state index in [4.69, 9.17) is 64.9 Å². The second kappa shape index (κ2) is 29.6. The number of hydrogen-bond acceptors (Lipinski definition) is 16. The van der Waals surface area contributed by atoms with E-state index in [9.17, 15) is 27.0 Å². The van der Waals surface area contributed by atoms with Crippen molar-refractivity contribution < 1.29 is 107 Å². The number of carbonyl (C=O) groups excluding carboxylic acids is 1. The summed E-state index contributed by atoms with van der Waals surface area (Å²) in [6.07, 6.45) is 0. The first-order valence-corrected chi connectivity index (χ1v) is 22.0. The predicted octanol–water partition coefficient (Wildman–Crippen LogP) is 6.69. The molecule has 0 aromatic heterocycles. The number of phosphoric ester groups is 2. The fourth-order valence-corrected chi connectivity index (χ4v) is 7.08. The number of halogens is 3. The van der Waals surface area contributed by atoms with E-state index in [1.165, 1.54) is 0 Å². The molecule has 0 aromatic rings. The van der Waals surface area contributed by atoms with Gasteiger partial charge in [0.05, 0.1) is 22.4 Å². The van der Waals surface area contributed by atoms with Crippen LogP contribution in [0.2, 0.25) is 0 Å². The monoisotopic (exact) mass is 925 g/mol. The Kier molecular flexibility index (Phi) is 38.6. The first-order valence-electron chi connectivity index (χ1n) is 14.7. The third kappa shape index (κ3) is 71.6. The molecule has 25 heteroatoms. The van der Waals surface area contributed by atoms with Crippen molar-refractivity contribution in [3.05, 3.63) is 0 Å². The molecular formula is C28H64Cl3NaO17P3S+. The summed E-state index contributed by atoms with van der Waals surface area (Å²) in [6, 6.07) is -0.671. The van der Waals surface area contributed by atoms with Crippen molar-refractivity contribution in [1.29, 1.82) is 0 Å². The Morgan fingerprint density at radius 3 is 1.06 bits per heavy atom. The predicted molar refractivity (Wildman–Crippen MR) is 202 cm³/mol. The first kappa shape index (κ1) is 69.1. The van der Waals surface area contributed by atoms with Crippen molar-refractivity contribution in [2.45, 2.75) is 166 Å². The third-order valence-corrected chi connectivity index (χ3v) is 8.78. The molecule has 0 fully saturated rings. The van der Waals surface area contributed by atoms with Crippen molar-refractivity contribution in [3.63, 3.8) is 0 Å². The summed E-state index contributed by atoms with van der Waals surface area (Å²) in [5.41, 5.74) is -3.44. The maximum absolute atomic E-state index is 12.1. The van der Waals surface area contributed by atoms with Gasteiger partial charge in [0.2, 0.25) is 0 Å². The molecule has 0 unspecified atom stereocenters. The van der Waals surface area contributed by atoms with Gasteiger partial charge < -0.3 is 15.0 Å². The molecule has 0 bridgehead atoms. The van der Waals surface area contributed by atoms with Crippen LogP contribution in [0.1, 0.15) is 132 Å². The van der Waals surface area contributed by atoms with Gasteiger partial charge in [0, 0.05) is 15.2 Å². The van der Waals surface area contributed by atoms with Crippen LogP contribution in [-0.2, 0) is 68.6 Å². The fourth-order valence-electron chi connectivity index (χ4n) is 2.03. The summed E-state index contributed by atoms with van der Waals surface area (Å²) in [7, 11) is -8.87. The summed E-state index contributed by atoms with van der Waals surface area (Å²) in [4.78, 5) is 20.5. The Bertz CT molecular complexity index is 1120. The molecule has 0 atom stereocenters. The largest absolute Gasteiger partial charge is 1.00 e. The molecule has 0 aliphatic heterocycles. The van der Waals surface area contributed by atoms with Crippen LogP contribution in [0.5, 0.6) is 0 Å². The van der Waals surface area contributed by atoms with E-state index in [2.05, 4.69) is 19.8 Å². The van der Waals surface area contributed by atoms with Gasteiger partial charge in [-0.15, -0.1) is 9.05 Å². The molecule has 0 aliphatic rings. The number of rotatable bonds is 11. The average Bonchev–Trinajstić information content (AvgIpc) is 2.70. The maximum atomic E-state index is 12.1. The van der Waals surface area contributed by atoms with Crippen LogP contribution in [0.25, 0.3) is 0 Å². The van der Waals surface area contributed by atoms with Crippen molar-refractivity contribution in [1.82, 2.24) is 0 Å². The van der Waals surface area contributed by atoms with Crippen LogP contribution >= 0.6 is 57.8 Å².